The van der Waals surface area contributed by atoms with Gasteiger partial charge in [-0.3, -0.25) is 9.69 Å². The van der Waals surface area contributed by atoms with Gasteiger partial charge in [0, 0.05) is 44.8 Å². The van der Waals surface area contributed by atoms with Crippen LogP contribution in [0.4, 0.5) is 10.5 Å². The summed E-state index contributed by atoms with van der Waals surface area (Å²) in [7, 11) is 0. The van der Waals surface area contributed by atoms with Gasteiger partial charge in [-0.05, 0) is 43.7 Å². The maximum Gasteiger partial charge on any atom is 0.322 e. The van der Waals surface area contributed by atoms with Gasteiger partial charge in [-0.1, -0.05) is 30.3 Å². The number of benzene rings is 2. The third kappa shape index (κ3) is 8.04. The predicted molar refractivity (Wildman–Crippen MR) is 133 cm³/mol. The Balaban J connectivity index is 1.57. The lowest BCUT2D eigenvalue weighted by Crippen LogP contribution is -2.42. The molecule has 2 aromatic rings. The van der Waals surface area contributed by atoms with Crippen LogP contribution in [0.5, 0.6) is 5.75 Å². The summed E-state index contributed by atoms with van der Waals surface area (Å²) in [6.07, 6.45) is 0.233. The first-order valence-corrected chi connectivity index (χ1v) is 12.0. The Morgan fingerprint density at radius 3 is 2.47 bits per heavy atom. The van der Waals surface area contributed by atoms with Crippen molar-refractivity contribution in [1.82, 2.24) is 15.1 Å². The van der Waals surface area contributed by atoms with Crippen molar-refractivity contribution in [1.29, 1.82) is 0 Å². The molecule has 1 heterocycles. The summed E-state index contributed by atoms with van der Waals surface area (Å²) in [5.74, 6) is 0.691. The molecule has 0 radical (unpaired) electrons. The Kier molecular flexibility index (Phi) is 10.2. The number of ether oxygens (including phenoxy) is 2. The van der Waals surface area contributed by atoms with E-state index in [-0.39, 0.29) is 24.4 Å². The zero-order valence-corrected chi connectivity index (χ0v) is 20.2. The molecule has 3 amide bonds. The minimum Gasteiger partial charge on any atom is -0.494 e. The minimum atomic E-state index is -0.248. The summed E-state index contributed by atoms with van der Waals surface area (Å²) in [4.78, 5) is 29.7. The quantitative estimate of drug-likeness (QED) is 0.527. The first-order chi connectivity index (χ1) is 16.6. The van der Waals surface area contributed by atoms with Crippen LogP contribution in [-0.2, 0) is 9.53 Å². The van der Waals surface area contributed by atoms with Gasteiger partial charge in [0.05, 0.1) is 25.9 Å². The second-order valence-electron chi connectivity index (χ2n) is 8.22. The van der Waals surface area contributed by atoms with Crippen molar-refractivity contribution in [2.24, 2.45) is 0 Å². The highest BCUT2D eigenvalue weighted by Gasteiger charge is 2.22. The molecule has 2 N–H and O–H groups in total. The van der Waals surface area contributed by atoms with E-state index in [4.69, 9.17) is 9.47 Å². The van der Waals surface area contributed by atoms with Crippen LogP contribution >= 0.6 is 0 Å². The molecule has 1 atom stereocenters. The molecule has 0 aliphatic carbocycles. The Labute approximate surface area is 202 Å². The van der Waals surface area contributed by atoms with E-state index in [1.165, 1.54) is 0 Å². The van der Waals surface area contributed by atoms with Gasteiger partial charge >= 0.3 is 6.03 Å². The van der Waals surface area contributed by atoms with E-state index in [2.05, 4.69) is 15.5 Å². The largest absolute Gasteiger partial charge is 0.494 e. The molecule has 3 rings (SSSR count). The number of hydrogen-bond donors (Lipinski definition) is 2. The number of carbonyl (C=O) groups is 2. The number of rotatable bonds is 11. The van der Waals surface area contributed by atoms with Crippen molar-refractivity contribution in [2.45, 2.75) is 26.3 Å². The fraction of sp³-hybridized carbons (Fsp3) is 0.462. The molecule has 1 aliphatic rings. The summed E-state index contributed by atoms with van der Waals surface area (Å²) < 4.78 is 10.8. The molecule has 8 heteroatoms. The normalized spacial score (nSPS) is 14.8. The van der Waals surface area contributed by atoms with Crippen LogP contribution in [0.1, 0.15) is 31.9 Å². The minimum absolute atomic E-state index is 0.0626. The van der Waals surface area contributed by atoms with Crippen molar-refractivity contribution in [2.75, 3.05) is 57.9 Å². The van der Waals surface area contributed by atoms with Gasteiger partial charge in [-0.15, -0.1) is 0 Å². The van der Waals surface area contributed by atoms with Gasteiger partial charge in [0.15, 0.2) is 0 Å². The lowest BCUT2D eigenvalue weighted by atomic mass is 10.1. The van der Waals surface area contributed by atoms with E-state index >= 15 is 0 Å². The maximum atomic E-state index is 13.2. The van der Waals surface area contributed by atoms with E-state index in [0.717, 1.165) is 44.2 Å². The third-order valence-corrected chi connectivity index (χ3v) is 5.86. The van der Waals surface area contributed by atoms with Gasteiger partial charge < -0.3 is 25.0 Å². The van der Waals surface area contributed by atoms with Crippen molar-refractivity contribution >= 4 is 17.6 Å². The summed E-state index contributed by atoms with van der Waals surface area (Å²) >= 11 is 0. The highest BCUT2D eigenvalue weighted by molar-refractivity contribution is 5.90. The lowest BCUT2D eigenvalue weighted by molar-refractivity contribution is -0.121. The molecule has 0 bridgehead atoms. The van der Waals surface area contributed by atoms with Crippen LogP contribution < -0.4 is 15.4 Å². The number of morpholine rings is 1. The molecule has 1 aliphatic heterocycles. The fourth-order valence-corrected chi connectivity index (χ4v) is 3.87. The number of amides is 3. The topological polar surface area (TPSA) is 83.1 Å². The predicted octanol–water partition coefficient (Wildman–Crippen LogP) is 3.52. The molecule has 1 saturated heterocycles. The molecule has 184 valence electrons. The molecule has 8 nitrogen and oxygen atoms in total. The standard InChI is InChI=1S/C26H36N4O4/c1-3-34-24-11-9-23(10-12-24)28-26(32)30(21(2)22-7-5-4-6-8-22)15-13-25(31)27-14-16-29-17-19-33-20-18-29/h4-12,21H,3,13-20H2,1-2H3,(H,27,31)(H,28,32). The van der Waals surface area contributed by atoms with E-state index in [9.17, 15) is 9.59 Å². The molecule has 2 aromatic carbocycles. The Bertz CT molecular complexity index is 885. The van der Waals surface area contributed by atoms with Crippen molar-refractivity contribution in [3.8, 4) is 5.75 Å². The van der Waals surface area contributed by atoms with Crippen LogP contribution in [0.15, 0.2) is 54.6 Å². The molecule has 0 saturated carbocycles. The van der Waals surface area contributed by atoms with Crippen LogP contribution in [0.2, 0.25) is 0 Å². The molecular weight excluding hydrogens is 432 g/mol. The fourth-order valence-electron chi connectivity index (χ4n) is 3.87. The van der Waals surface area contributed by atoms with Crippen LogP contribution in [0, 0.1) is 0 Å². The zero-order chi connectivity index (χ0) is 24.2. The Morgan fingerprint density at radius 2 is 1.79 bits per heavy atom. The van der Waals surface area contributed by atoms with Crippen molar-refractivity contribution in [3.05, 3.63) is 60.2 Å². The van der Waals surface area contributed by atoms with Crippen LogP contribution in [-0.4, -0.2) is 74.3 Å². The van der Waals surface area contributed by atoms with E-state index in [1.54, 1.807) is 4.90 Å². The number of carbonyl (C=O) groups excluding carboxylic acids is 2. The molecule has 1 fully saturated rings. The van der Waals surface area contributed by atoms with Gasteiger partial charge in [0.1, 0.15) is 5.75 Å². The van der Waals surface area contributed by atoms with Gasteiger partial charge in [0.25, 0.3) is 0 Å². The number of hydrogen-bond acceptors (Lipinski definition) is 5. The average molecular weight is 469 g/mol. The summed E-state index contributed by atoms with van der Waals surface area (Å²) in [6.45, 7) is 9.45. The molecule has 34 heavy (non-hydrogen) atoms. The smallest absolute Gasteiger partial charge is 0.322 e. The number of nitrogens with one attached hydrogen (secondary N) is 2. The third-order valence-electron chi connectivity index (χ3n) is 5.86. The number of anilines is 1. The number of urea groups is 1. The van der Waals surface area contributed by atoms with Gasteiger partial charge in [-0.2, -0.15) is 0 Å². The van der Waals surface area contributed by atoms with E-state index in [1.807, 2.05) is 68.4 Å². The van der Waals surface area contributed by atoms with Crippen molar-refractivity contribution in [3.63, 3.8) is 0 Å². The summed E-state index contributed by atoms with van der Waals surface area (Å²) in [5, 5.41) is 5.93. The van der Waals surface area contributed by atoms with Gasteiger partial charge in [-0.25, -0.2) is 4.79 Å². The number of nitrogens with zero attached hydrogens (tertiary/aromatic N) is 2. The Hall–Kier alpha value is -3.10. The van der Waals surface area contributed by atoms with E-state index < -0.39 is 0 Å². The lowest BCUT2D eigenvalue weighted by Gasteiger charge is -2.30. The molecule has 1 unspecified atom stereocenters. The highest BCUT2D eigenvalue weighted by atomic mass is 16.5. The van der Waals surface area contributed by atoms with E-state index in [0.29, 0.717) is 25.4 Å². The van der Waals surface area contributed by atoms with Gasteiger partial charge in [0.2, 0.25) is 5.91 Å². The first kappa shape index (κ1) is 25.5. The average Bonchev–Trinajstić information content (AvgIpc) is 2.86. The second kappa shape index (κ2) is 13.6. The molecule has 0 aromatic heterocycles. The SMILES string of the molecule is CCOc1ccc(NC(=O)N(CCC(=O)NCCN2CCOCC2)C(C)c2ccccc2)cc1. The van der Waals surface area contributed by atoms with Crippen LogP contribution in [0.3, 0.4) is 0 Å². The summed E-state index contributed by atoms with van der Waals surface area (Å²) in [5.41, 5.74) is 1.69. The van der Waals surface area contributed by atoms with Crippen LogP contribution in [0.25, 0.3) is 0 Å². The zero-order valence-electron chi connectivity index (χ0n) is 20.2. The molecular formula is C26H36N4O4. The first-order valence-electron chi connectivity index (χ1n) is 12.0. The Morgan fingerprint density at radius 1 is 1.09 bits per heavy atom. The summed E-state index contributed by atoms with van der Waals surface area (Å²) in [6, 6.07) is 16.7. The maximum absolute atomic E-state index is 13.2. The van der Waals surface area contributed by atoms with Crippen molar-refractivity contribution < 1.29 is 19.1 Å². The molecule has 0 spiro atoms. The second-order valence-corrected chi connectivity index (χ2v) is 8.22. The highest BCUT2D eigenvalue weighted by Crippen LogP contribution is 2.22. The monoisotopic (exact) mass is 468 g/mol.